The predicted octanol–water partition coefficient (Wildman–Crippen LogP) is 1.64. The van der Waals surface area contributed by atoms with E-state index in [0.717, 1.165) is 17.2 Å². The number of rotatable bonds is 5. The van der Waals surface area contributed by atoms with Gasteiger partial charge in [-0.2, -0.15) is 16.1 Å². The highest BCUT2D eigenvalue weighted by atomic mass is 32.2. The Hall–Kier alpha value is -0.500. The lowest BCUT2D eigenvalue weighted by Gasteiger charge is -2.31. The Labute approximate surface area is 125 Å². The monoisotopic (exact) mass is 317 g/mol. The van der Waals surface area contributed by atoms with E-state index in [1.807, 2.05) is 18.7 Å². The standard InChI is InChI=1S/C13H23N3O2S2/c1-10(2)14-7-12-6-13(8-15-12)20(17,18)16-4-5-19-9-11(16)3/h6,8,10-11,14-15H,4-5,7,9H2,1-3H3. The van der Waals surface area contributed by atoms with Gasteiger partial charge in [-0.3, -0.25) is 0 Å². The average molecular weight is 317 g/mol. The van der Waals surface area contributed by atoms with Gasteiger partial charge in [-0.25, -0.2) is 8.42 Å². The second-order valence-corrected chi connectivity index (χ2v) is 8.48. The molecule has 0 aromatic carbocycles. The lowest BCUT2D eigenvalue weighted by Crippen LogP contribution is -2.44. The van der Waals surface area contributed by atoms with Crippen molar-refractivity contribution < 1.29 is 8.42 Å². The van der Waals surface area contributed by atoms with Crippen LogP contribution in [0.5, 0.6) is 0 Å². The van der Waals surface area contributed by atoms with Crippen molar-refractivity contribution in [3.63, 3.8) is 0 Å². The summed E-state index contributed by atoms with van der Waals surface area (Å²) in [5, 5.41) is 3.27. The molecule has 0 aliphatic carbocycles. The quantitative estimate of drug-likeness (QED) is 0.866. The van der Waals surface area contributed by atoms with Gasteiger partial charge in [-0.05, 0) is 13.0 Å². The van der Waals surface area contributed by atoms with Gasteiger partial charge in [0.25, 0.3) is 0 Å². The molecule has 1 saturated heterocycles. The molecule has 0 saturated carbocycles. The van der Waals surface area contributed by atoms with E-state index in [4.69, 9.17) is 0 Å². The summed E-state index contributed by atoms with van der Waals surface area (Å²) in [5.41, 5.74) is 0.899. The smallest absolute Gasteiger partial charge is 0.244 e. The van der Waals surface area contributed by atoms with Crippen LogP contribution in [-0.4, -0.2) is 47.8 Å². The number of thioether (sulfide) groups is 1. The molecule has 114 valence electrons. The maximum absolute atomic E-state index is 12.6. The second-order valence-electron chi connectivity index (χ2n) is 5.44. The molecular formula is C13H23N3O2S2. The van der Waals surface area contributed by atoms with Crippen LogP contribution in [0.15, 0.2) is 17.2 Å². The summed E-state index contributed by atoms with van der Waals surface area (Å²) < 4.78 is 26.9. The summed E-state index contributed by atoms with van der Waals surface area (Å²) in [6.07, 6.45) is 1.60. The Bertz CT molecular complexity index is 540. The fourth-order valence-corrected chi connectivity index (χ4v) is 5.06. The molecule has 1 unspecified atom stereocenters. The molecular weight excluding hydrogens is 294 g/mol. The number of aromatic amines is 1. The van der Waals surface area contributed by atoms with Crippen molar-refractivity contribution in [1.29, 1.82) is 0 Å². The maximum atomic E-state index is 12.6. The SMILES string of the molecule is CC(C)NCc1cc(S(=O)(=O)N2CCSCC2C)c[nH]1. The van der Waals surface area contributed by atoms with Gasteiger partial charge in [0.05, 0.1) is 4.90 Å². The normalized spacial score (nSPS) is 21.5. The third-order valence-electron chi connectivity index (χ3n) is 3.33. The van der Waals surface area contributed by atoms with Crippen molar-refractivity contribution in [3.05, 3.63) is 18.0 Å². The molecule has 1 aliphatic heterocycles. The lowest BCUT2D eigenvalue weighted by atomic mass is 10.3. The molecule has 1 fully saturated rings. The number of hydrogen-bond donors (Lipinski definition) is 2. The Morgan fingerprint density at radius 1 is 1.55 bits per heavy atom. The van der Waals surface area contributed by atoms with Crippen LogP contribution < -0.4 is 5.32 Å². The van der Waals surface area contributed by atoms with E-state index in [1.54, 1.807) is 16.6 Å². The first-order valence-corrected chi connectivity index (χ1v) is 9.51. The molecule has 1 atom stereocenters. The van der Waals surface area contributed by atoms with Crippen molar-refractivity contribution in [1.82, 2.24) is 14.6 Å². The summed E-state index contributed by atoms with van der Waals surface area (Å²) in [6.45, 7) is 7.34. The molecule has 0 radical (unpaired) electrons. The molecule has 1 aromatic rings. The highest BCUT2D eigenvalue weighted by molar-refractivity contribution is 7.99. The van der Waals surface area contributed by atoms with E-state index in [1.165, 1.54) is 0 Å². The van der Waals surface area contributed by atoms with Crippen molar-refractivity contribution in [2.24, 2.45) is 0 Å². The molecule has 7 heteroatoms. The Morgan fingerprint density at radius 3 is 2.95 bits per heavy atom. The van der Waals surface area contributed by atoms with Crippen molar-refractivity contribution in [3.8, 4) is 0 Å². The zero-order valence-electron chi connectivity index (χ0n) is 12.2. The topological polar surface area (TPSA) is 65.2 Å². The summed E-state index contributed by atoms with van der Waals surface area (Å²) in [5.74, 6) is 1.74. The van der Waals surface area contributed by atoms with Crippen LogP contribution in [0, 0.1) is 0 Å². The van der Waals surface area contributed by atoms with E-state index in [0.29, 0.717) is 24.0 Å². The van der Waals surface area contributed by atoms with Crippen LogP contribution in [0.3, 0.4) is 0 Å². The molecule has 5 nitrogen and oxygen atoms in total. The van der Waals surface area contributed by atoms with E-state index in [9.17, 15) is 8.42 Å². The molecule has 2 N–H and O–H groups in total. The van der Waals surface area contributed by atoms with Crippen molar-refractivity contribution in [2.75, 3.05) is 18.1 Å². The second kappa shape index (κ2) is 6.51. The molecule has 0 amide bonds. The first-order valence-electron chi connectivity index (χ1n) is 6.91. The van der Waals surface area contributed by atoms with Crippen molar-refractivity contribution >= 4 is 21.8 Å². The maximum Gasteiger partial charge on any atom is 0.244 e. The third kappa shape index (κ3) is 3.58. The first kappa shape index (κ1) is 15.9. The lowest BCUT2D eigenvalue weighted by molar-refractivity contribution is 0.367. The number of aromatic nitrogens is 1. The summed E-state index contributed by atoms with van der Waals surface area (Å²) in [4.78, 5) is 3.42. The number of nitrogens with one attached hydrogen (secondary N) is 2. The van der Waals surface area contributed by atoms with Crippen LogP contribution in [0.2, 0.25) is 0 Å². The highest BCUT2D eigenvalue weighted by Crippen LogP contribution is 2.24. The first-order chi connectivity index (χ1) is 9.41. The zero-order chi connectivity index (χ0) is 14.8. The van der Waals surface area contributed by atoms with E-state index < -0.39 is 10.0 Å². The average Bonchev–Trinajstić information content (AvgIpc) is 2.86. The Balaban J connectivity index is 2.13. The number of nitrogens with zero attached hydrogens (tertiary/aromatic N) is 1. The predicted molar refractivity (Wildman–Crippen MR) is 83.4 cm³/mol. The minimum atomic E-state index is -3.37. The number of sulfonamides is 1. The largest absolute Gasteiger partial charge is 0.363 e. The number of hydrogen-bond acceptors (Lipinski definition) is 4. The van der Waals surface area contributed by atoms with Gasteiger partial charge in [0.15, 0.2) is 0 Å². The molecule has 2 heterocycles. The van der Waals surface area contributed by atoms with Crippen LogP contribution >= 0.6 is 11.8 Å². The minimum absolute atomic E-state index is 0.0610. The molecule has 1 aromatic heterocycles. The molecule has 0 spiro atoms. The molecule has 0 bridgehead atoms. The van der Waals surface area contributed by atoms with Gasteiger partial charge < -0.3 is 10.3 Å². The van der Waals surface area contributed by atoms with Gasteiger partial charge in [-0.15, -0.1) is 0 Å². The molecule has 2 rings (SSSR count). The van der Waals surface area contributed by atoms with Gasteiger partial charge in [-0.1, -0.05) is 13.8 Å². The Morgan fingerprint density at radius 2 is 2.30 bits per heavy atom. The van der Waals surface area contributed by atoms with Crippen LogP contribution in [0.1, 0.15) is 26.5 Å². The summed E-state index contributed by atoms with van der Waals surface area (Å²) in [6, 6.07) is 2.17. The summed E-state index contributed by atoms with van der Waals surface area (Å²) >= 11 is 1.81. The molecule has 20 heavy (non-hydrogen) atoms. The van der Waals surface area contributed by atoms with Crippen LogP contribution in [0.25, 0.3) is 0 Å². The highest BCUT2D eigenvalue weighted by Gasteiger charge is 2.31. The fourth-order valence-electron chi connectivity index (χ4n) is 2.19. The van der Waals surface area contributed by atoms with Crippen LogP contribution in [0.4, 0.5) is 0 Å². The van der Waals surface area contributed by atoms with E-state index in [-0.39, 0.29) is 6.04 Å². The third-order valence-corrected chi connectivity index (χ3v) is 6.51. The Kier molecular flexibility index (Phi) is 5.17. The molecule has 1 aliphatic rings. The van der Waals surface area contributed by atoms with E-state index >= 15 is 0 Å². The zero-order valence-corrected chi connectivity index (χ0v) is 13.9. The van der Waals surface area contributed by atoms with Crippen LogP contribution in [-0.2, 0) is 16.6 Å². The van der Waals surface area contributed by atoms with Gasteiger partial charge in [0.1, 0.15) is 0 Å². The van der Waals surface area contributed by atoms with Gasteiger partial charge in [0.2, 0.25) is 10.0 Å². The van der Waals surface area contributed by atoms with Crippen molar-refractivity contribution in [2.45, 2.75) is 44.3 Å². The minimum Gasteiger partial charge on any atom is -0.363 e. The summed E-state index contributed by atoms with van der Waals surface area (Å²) in [7, 11) is -3.37. The van der Waals surface area contributed by atoms with Gasteiger partial charge >= 0.3 is 0 Å². The van der Waals surface area contributed by atoms with E-state index in [2.05, 4.69) is 24.1 Å². The fraction of sp³-hybridized carbons (Fsp3) is 0.692. The number of H-pyrrole nitrogens is 1. The van der Waals surface area contributed by atoms with Gasteiger partial charge in [0, 0.05) is 48.6 Å².